The molecule has 0 atom stereocenters. The second kappa shape index (κ2) is 9.74. The van der Waals surface area contributed by atoms with Crippen LogP contribution in [-0.4, -0.2) is 22.5 Å². The minimum Gasteiger partial charge on any atom is -0.438 e. The predicted molar refractivity (Wildman–Crippen MR) is 124 cm³/mol. The highest BCUT2D eigenvalue weighted by molar-refractivity contribution is 6.13. The number of carbonyl (C=O) groups is 1. The van der Waals surface area contributed by atoms with Crippen LogP contribution in [0.3, 0.4) is 0 Å². The Labute approximate surface area is 198 Å². The van der Waals surface area contributed by atoms with Gasteiger partial charge in [-0.1, -0.05) is 24.3 Å². The van der Waals surface area contributed by atoms with Gasteiger partial charge in [0.2, 0.25) is 11.8 Å². The lowest BCUT2D eigenvalue weighted by atomic mass is 10.2. The molecule has 0 aliphatic carbocycles. The van der Waals surface area contributed by atoms with Crippen LogP contribution in [0.1, 0.15) is 11.3 Å². The SMILES string of the molecule is CN(C(=O)Cn1ccc2c(Oc3cc(CNCl)cc(C(F)(F)F)n3)cccc21)c1ccccc1. The van der Waals surface area contributed by atoms with E-state index in [1.807, 2.05) is 30.3 Å². The van der Waals surface area contributed by atoms with Gasteiger partial charge in [-0.05, 0) is 53.7 Å². The number of fused-ring (bicyclic) bond motifs is 1. The molecule has 0 saturated carbocycles. The van der Waals surface area contributed by atoms with E-state index in [9.17, 15) is 18.0 Å². The molecule has 2 heterocycles. The van der Waals surface area contributed by atoms with Crippen molar-refractivity contribution < 1.29 is 22.7 Å². The largest absolute Gasteiger partial charge is 0.438 e. The summed E-state index contributed by atoms with van der Waals surface area (Å²) >= 11 is 5.47. The first-order valence-electron chi connectivity index (χ1n) is 10.3. The Hall–Kier alpha value is -3.56. The Morgan fingerprint density at radius 2 is 1.88 bits per heavy atom. The number of rotatable bonds is 7. The number of likely N-dealkylation sites (N-methyl/N-ethyl adjacent to an activating group) is 1. The average molecular weight is 489 g/mol. The standard InChI is InChI=1S/C24H20ClF3N4O2/c1-31(17-6-3-2-4-7-17)23(33)15-32-11-10-18-19(32)8-5-9-20(18)34-22-13-16(14-29-25)12-21(30-22)24(26,27)28/h2-13,29H,14-15H2,1H3. The van der Waals surface area contributed by atoms with Crippen molar-refractivity contribution in [2.75, 3.05) is 11.9 Å². The highest BCUT2D eigenvalue weighted by atomic mass is 35.5. The van der Waals surface area contributed by atoms with Crippen LogP contribution in [-0.2, 0) is 24.1 Å². The third-order valence-corrected chi connectivity index (χ3v) is 5.37. The first-order chi connectivity index (χ1) is 16.3. The molecule has 2 aromatic heterocycles. The van der Waals surface area contributed by atoms with Gasteiger partial charge in [0.25, 0.3) is 0 Å². The highest BCUT2D eigenvalue weighted by Crippen LogP contribution is 2.34. The first kappa shape index (κ1) is 23.6. The number of amides is 1. The van der Waals surface area contributed by atoms with Crippen LogP contribution in [0.5, 0.6) is 11.6 Å². The van der Waals surface area contributed by atoms with Gasteiger partial charge in [0, 0.05) is 36.9 Å². The Morgan fingerprint density at radius 3 is 2.59 bits per heavy atom. The molecule has 0 spiro atoms. The summed E-state index contributed by atoms with van der Waals surface area (Å²) in [7, 11) is 1.70. The molecule has 0 unspecified atom stereocenters. The number of carbonyl (C=O) groups excluding carboxylic acids is 1. The minimum atomic E-state index is -4.64. The fraction of sp³-hybridized carbons (Fsp3) is 0.167. The number of alkyl halides is 3. The van der Waals surface area contributed by atoms with Gasteiger partial charge in [-0.15, -0.1) is 0 Å². The van der Waals surface area contributed by atoms with Gasteiger partial charge in [-0.3, -0.25) is 4.79 Å². The Balaban J connectivity index is 1.61. The van der Waals surface area contributed by atoms with E-state index in [0.29, 0.717) is 16.7 Å². The van der Waals surface area contributed by atoms with Crippen LogP contribution in [0.2, 0.25) is 0 Å². The van der Waals surface area contributed by atoms with Crippen molar-refractivity contribution >= 4 is 34.3 Å². The lowest BCUT2D eigenvalue weighted by Gasteiger charge is -2.18. The second-order valence-corrected chi connectivity index (χ2v) is 7.80. The van der Waals surface area contributed by atoms with Crippen LogP contribution in [0.4, 0.5) is 18.9 Å². The number of hydrogen-bond acceptors (Lipinski definition) is 4. The van der Waals surface area contributed by atoms with Gasteiger partial charge in [0.1, 0.15) is 18.0 Å². The highest BCUT2D eigenvalue weighted by Gasteiger charge is 2.33. The van der Waals surface area contributed by atoms with E-state index < -0.39 is 11.9 Å². The lowest BCUT2D eigenvalue weighted by molar-refractivity contribution is -0.141. The van der Waals surface area contributed by atoms with Crippen molar-refractivity contribution in [1.82, 2.24) is 14.4 Å². The summed E-state index contributed by atoms with van der Waals surface area (Å²) in [6, 6.07) is 18.4. The molecule has 0 saturated heterocycles. The molecule has 0 fully saturated rings. The van der Waals surface area contributed by atoms with E-state index in [2.05, 4.69) is 9.82 Å². The molecule has 6 nitrogen and oxygen atoms in total. The number of nitrogens with one attached hydrogen (secondary N) is 1. The van der Waals surface area contributed by atoms with Crippen LogP contribution >= 0.6 is 11.8 Å². The Bertz CT molecular complexity index is 1310. The summed E-state index contributed by atoms with van der Waals surface area (Å²) < 4.78 is 47.4. The van der Waals surface area contributed by atoms with Crippen molar-refractivity contribution in [1.29, 1.82) is 0 Å². The minimum absolute atomic E-state index is 0.00113. The third kappa shape index (κ3) is 5.16. The molecule has 4 aromatic rings. The smallest absolute Gasteiger partial charge is 0.433 e. The molecule has 10 heteroatoms. The Morgan fingerprint density at radius 1 is 1.12 bits per heavy atom. The molecule has 0 bridgehead atoms. The number of pyridine rings is 1. The number of aromatic nitrogens is 2. The van der Waals surface area contributed by atoms with Crippen molar-refractivity contribution in [2.24, 2.45) is 0 Å². The van der Waals surface area contributed by atoms with E-state index in [1.54, 1.807) is 47.0 Å². The number of benzene rings is 2. The van der Waals surface area contributed by atoms with Crippen LogP contribution < -0.4 is 14.5 Å². The van der Waals surface area contributed by atoms with Crippen LogP contribution in [0.25, 0.3) is 10.9 Å². The van der Waals surface area contributed by atoms with Gasteiger partial charge >= 0.3 is 6.18 Å². The molecule has 1 amide bonds. The zero-order valence-corrected chi connectivity index (χ0v) is 18.8. The summed E-state index contributed by atoms with van der Waals surface area (Å²) in [6.07, 6.45) is -2.91. The summed E-state index contributed by atoms with van der Waals surface area (Å²) in [6.45, 7) is 0.0762. The van der Waals surface area contributed by atoms with E-state index in [1.165, 1.54) is 6.07 Å². The summed E-state index contributed by atoms with van der Waals surface area (Å²) in [5.74, 6) is -0.0265. The summed E-state index contributed by atoms with van der Waals surface area (Å²) in [4.78, 5) is 20.3. The van der Waals surface area contributed by atoms with Crippen LogP contribution in [0.15, 0.2) is 72.9 Å². The van der Waals surface area contributed by atoms with Crippen molar-refractivity contribution in [3.05, 3.63) is 84.2 Å². The third-order valence-electron chi connectivity index (χ3n) is 5.23. The summed E-state index contributed by atoms with van der Waals surface area (Å²) in [5, 5.41) is 0.633. The molecule has 1 N–H and O–H groups in total. The number of ether oxygens (including phenoxy) is 1. The molecule has 2 aromatic carbocycles. The number of hydrogen-bond donors (Lipinski definition) is 1. The summed E-state index contributed by atoms with van der Waals surface area (Å²) in [5.41, 5.74) is 0.658. The van der Waals surface area contributed by atoms with E-state index in [4.69, 9.17) is 16.5 Å². The normalized spacial score (nSPS) is 11.6. The zero-order chi connectivity index (χ0) is 24.3. The molecular weight excluding hydrogens is 469 g/mol. The van der Waals surface area contributed by atoms with Crippen molar-refractivity contribution in [3.8, 4) is 11.6 Å². The van der Waals surface area contributed by atoms with Gasteiger partial charge in [0.15, 0.2) is 0 Å². The van der Waals surface area contributed by atoms with Gasteiger partial charge < -0.3 is 14.2 Å². The molecule has 4 rings (SSSR count). The fourth-order valence-corrected chi connectivity index (χ4v) is 3.67. The molecular formula is C24H20ClF3N4O2. The maximum absolute atomic E-state index is 13.3. The molecule has 176 valence electrons. The number of para-hydroxylation sites is 1. The quantitative estimate of drug-likeness (QED) is 0.336. The Kier molecular flexibility index (Phi) is 6.76. The number of anilines is 1. The van der Waals surface area contributed by atoms with Gasteiger partial charge in [0.05, 0.1) is 5.52 Å². The molecule has 0 radical (unpaired) electrons. The van der Waals surface area contributed by atoms with Gasteiger partial charge in [-0.2, -0.15) is 13.2 Å². The monoisotopic (exact) mass is 488 g/mol. The van der Waals surface area contributed by atoms with E-state index in [0.717, 1.165) is 11.8 Å². The van der Waals surface area contributed by atoms with E-state index in [-0.39, 0.29) is 30.4 Å². The lowest BCUT2D eigenvalue weighted by Crippen LogP contribution is -2.29. The molecule has 0 aliphatic heterocycles. The van der Waals surface area contributed by atoms with Crippen molar-refractivity contribution in [3.63, 3.8) is 0 Å². The van der Waals surface area contributed by atoms with Crippen LogP contribution in [0, 0.1) is 0 Å². The van der Waals surface area contributed by atoms with Gasteiger partial charge in [-0.25, -0.2) is 9.82 Å². The topological polar surface area (TPSA) is 59.4 Å². The average Bonchev–Trinajstić information content (AvgIpc) is 3.22. The maximum atomic E-state index is 13.3. The molecule has 0 aliphatic rings. The van der Waals surface area contributed by atoms with E-state index >= 15 is 0 Å². The maximum Gasteiger partial charge on any atom is 0.433 e. The number of halogens is 4. The van der Waals surface area contributed by atoms with Crippen molar-refractivity contribution in [2.45, 2.75) is 19.3 Å². The predicted octanol–water partition coefficient (Wildman–Crippen LogP) is 5.75. The molecule has 34 heavy (non-hydrogen) atoms. The number of nitrogens with zero attached hydrogens (tertiary/aromatic N) is 3. The zero-order valence-electron chi connectivity index (χ0n) is 18.0. The fourth-order valence-electron chi connectivity index (χ4n) is 3.52. The first-order valence-corrected chi connectivity index (χ1v) is 10.6. The second-order valence-electron chi connectivity index (χ2n) is 7.53.